The monoisotopic (exact) mass is 113 g/mol. The smallest absolute Gasteiger partial charge is 0.215 e. The van der Waals surface area contributed by atoms with E-state index in [1.807, 2.05) is 13.8 Å². The Kier molecular flexibility index (Phi) is 3.32. The average molecular weight is 113 g/mol. The molecule has 8 heavy (non-hydrogen) atoms. The number of nitrogens with zero attached hydrogens (tertiary/aromatic N) is 1. The summed E-state index contributed by atoms with van der Waals surface area (Å²) in [6.45, 7) is 5.60. The Morgan fingerprint density at radius 1 is 1.50 bits per heavy atom. The lowest BCUT2D eigenvalue weighted by Crippen LogP contribution is -2.28. The van der Waals surface area contributed by atoms with E-state index in [0.717, 1.165) is 13.1 Å². The summed E-state index contributed by atoms with van der Waals surface area (Å²) in [4.78, 5) is 12.3. The van der Waals surface area contributed by atoms with E-state index in [-0.39, 0.29) is 5.81 Å². The van der Waals surface area contributed by atoms with Gasteiger partial charge in [0.1, 0.15) is 0 Å². The molecule has 2 nitrogen and oxygen atoms in total. The molecule has 0 aromatic rings. The Labute approximate surface area is 51.3 Å². The van der Waals surface area contributed by atoms with Gasteiger partial charge >= 0.3 is 0 Å². The Balaban J connectivity index is 3.52. The zero-order valence-corrected chi connectivity index (χ0v) is 5.77. The Morgan fingerprint density at radius 3 is 1.88 bits per heavy atom. The highest BCUT2D eigenvalue weighted by Crippen LogP contribution is 1.84. The van der Waals surface area contributed by atoms with Crippen LogP contribution in [0.3, 0.4) is 0 Å². The molecule has 3 heteroatoms. The van der Waals surface area contributed by atoms with Crippen LogP contribution in [0, 0.1) is 0 Å². The van der Waals surface area contributed by atoms with Gasteiger partial charge in [-0.25, -0.2) is 0 Å². The SMILES string of the molecule is BC(=O)N(CC)CC. The maximum Gasteiger partial charge on any atom is 0.215 e. The molecule has 0 fully saturated rings. The molecular formula is C5H12BNO. The van der Waals surface area contributed by atoms with Gasteiger partial charge in [0.15, 0.2) is 5.81 Å². The van der Waals surface area contributed by atoms with Gasteiger partial charge in [-0.3, -0.25) is 4.79 Å². The van der Waals surface area contributed by atoms with Crippen molar-refractivity contribution in [2.24, 2.45) is 0 Å². The van der Waals surface area contributed by atoms with E-state index in [1.165, 1.54) is 0 Å². The number of carbonyl (C=O) groups is 1. The van der Waals surface area contributed by atoms with E-state index in [1.54, 1.807) is 12.7 Å². The second kappa shape index (κ2) is 3.53. The molecule has 0 aliphatic heterocycles. The first kappa shape index (κ1) is 7.53. The fraction of sp³-hybridized carbons (Fsp3) is 0.800. The van der Waals surface area contributed by atoms with E-state index in [2.05, 4.69) is 0 Å². The van der Waals surface area contributed by atoms with Gasteiger partial charge in [0.25, 0.3) is 0 Å². The lowest BCUT2D eigenvalue weighted by molar-refractivity contribution is 0.227. The van der Waals surface area contributed by atoms with Crippen LogP contribution in [0.4, 0.5) is 4.79 Å². The van der Waals surface area contributed by atoms with Crippen LogP contribution in [0.15, 0.2) is 0 Å². The molecule has 0 bridgehead atoms. The van der Waals surface area contributed by atoms with Gasteiger partial charge < -0.3 is 4.90 Å². The maximum atomic E-state index is 10.5. The van der Waals surface area contributed by atoms with Crippen molar-refractivity contribution in [2.45, 2.75) is 13.8 Å². The Morgan fingerprint density at radius 2 is 1.88 bits per heavy atom. The van der Waals surface area contributed by atoms with Gasteiger partial charge in [0.2, 0.25) is 7.85 Å². The number of rotatable bonds is 2. The van der Waals surface area contributed by atoms with E-state index in [4.69, 9.17) is 0 Å². The largest absolute Gasteiger partial charge is 0.353 e. The second-order valence-corrected chi connectivity index (χ2v) is 1.69. The lowest BCUT2D eigenvalue weighted by atomic mass is 10.1. The zero-order chi connectivity index (χ0) is 6.57. The number of hydrogen-bond donors (Lipinski definition) is 0. The first-order chi connectivity index (χ1) is 3.72. The molecule has 46 valence electrons. The molecule has 0 aromatic carbocycles. The van der Waals surface area contributed by atoms with Gasteiger partial charge in [-0.15, -0.1) is 0 Å². The summed E-state index contributed by atoms with van der Waals surface area (Å²) >= 11 is 0. The molecular weight excluding hydrogens is 101 g/mol. The standard InChI is InChI=1S/C5H12BNO/c1-3-7(4-2)5(6)8/h3-4,6H2,1-2H3. The fourth-order valence-electron chi connectivity index (χ4n) is 0.669. The topological polar surface area (TPSA) is 20.3 Å². The van der Waals surface area contributed by atoms with Crippen LogP contribution in [0.5, 0.6) is 0 Å². The van der Waals surface area contributed by atoms with E-state index in [9.17, 15) is 4.79 Å². The molecule has 0 aliphatic rings. The maximum absolute atomic E-state index is 10.5. The van der Waals surface area contributed by atoms with E-state index >= 15 is 0 Å². The minimum Gasteiger partial charge on any atom is -0.353 e. The molecule has 0 saturated carbocycles. The molecule has 0 N–H and O–H groups in total. The van der Waals surface area contributed by atoms with Gasteiger partial charge in [-0.2, -0.15) is 0 Å². The lowest BCUT2D eigenvalue weighted by Gasteiger charge is -2.15. The normalized spacial score (nSPS) is 8.75. The highest BCUT2D eigenvalue weighted by molar-refractivity contribution is 6.56. The minimum atomic E-state index is 0.162. The summed E-state index contributed by atoms with van der Waals surface area (Å²) in [7, 11) is 1.59. The van der Waals surface area contributed by atoms with Crippen LogP contribution in [0.1, 0.15) is 13.8 Å². The van der Waals surface area contributed by atoms with Crippen molar-refractivity contribution >= 4 is 13.7 Å². The summed E-state index contributed by atoms with van der Waals surface area (Å²) < 4.78 is 0. The molecule has 0 radical (unpaired) electrons. The number of carbonyl (C=O) groups excluding carboxylic acids is 1. The van der Waals surface area contributed by atoms with E-state index < -0.39 is 0 Å². The molecule has 0 aliphatic carbocycles. The zero-order valence-electron chi connectivity index (χ0n) is 5.77. The first-order valence-electron chi connectivity index (χ1n) is 2.97. The highest BCUT2D eigenvalue weighted by atomic mass is 16.1. The van der Waals surface area contributed by atoms with Crippen molar-refractivity contribution in [1.82, 2.24) is 4.90 Å². The van der Waals surface area contributed by atoms with Gasteiger partial charge in [0, 0.05) is 13.1 Å². The number of amides is 1. The first-order valence-corrected chi connectivity index (χ1v) is 2.97. The summed E-state index contributed by atoms with van der Waals surface area (Å²) in [6, 6.07) is 0. The van der Waals surface area contributed by atoms with Crippen molar-refractivity contribution in [2.75, 3.05) is 13.1 Å². The van der Waals surface area contributed by atoms with Gasteiger partial charge in [0.05, 0.1) is 0 Å². The molecule has 0 aromatic heterocycles. The second-order valence-electron chi connectivity index (χ2n) is 1.69. The van der Waals surface area contributed by atoms with Crippen molar-refractivity contribution in [1.29, 1.82) is 0 Å². The van der Waals surface area contributed by atoms with Crippen molar-refractivity contribution in [3.05, 3.63) is 0 Å². The molecule has 0 unspecified atom stereocenters. The predicted octanol–water partition coefficient (Wildman–Crippen LogP) is 0.0813. The fourth-order valence-corrected chi connectivity index (χ4v) is 0.669. The Bertz CT molecular complexity index is 80.5. The molecule has 0 atom stereocenters. The quantitative estimate of drug-likeness (QED) is 0.464. The third-order valence-corrected chi connectivity index (χ3v) is 1.21. The third-order valence-electron chi connectivity index (χ3n) is 1.21. The molecule has 0 rings (SSSR count). The third kappa shape index (κ3) is 2.00. The van der Waals surface area contributed by atoms with Crippen LogP contribution in [-0.4, -0.2) is 31.6 Å². The van der Waals surface area contributed by atoms with Crippen LogP contribution >= 0.6 is 0 Å². The average Bonchev–Trinajstić information content (AvgIpc) is 1.69. The van der Waals surface area contributed by atoms with Crippen LogP contribution < -0.4 is 0 Å². The molecule has 0 heterocycles. The minimum absolute atomic E-state index is 0.162. The predicted molar refractivity (Wildman–Crippen MR) is 36.9 cm³/mol. The summed E-state index contributed by atoms with van der Waals surface area (Å²) in [6.07, 6.45) is 0. The van der Waals surface area contributed by atoms with Crippen LogP contribution in [-0.2, 0) is 0 Å². The Hall–Kier alpha value is -0.465. The van der Waals surface area contributed by atoms with Gasteiger partial charge in [-0.1, -0.05) is 0 Å². The summed E-state index contributed by atoms with van der Waals surface area (Å²) in [5.74, 6) is 0.162. The summed E-state index contributed by atoms with van der Waals surface area (Å²) in [5, 5.41) is 0. The summed E-state index contributed by atoms with van der Waals surface area (Å²) in [5.41, 5.74) is 0. The van der Waals surface area contributed by atoms with Gasteiger partial charge in [-0.05, 0) is 13.8 Å². The number of hydrogen-bond acceptors (Lipinski definition) is 1. The van der Waals surface area contributed by atoms with Crippen molar-refractivity contribution in [3.63, 3.8) is 0 Å². The van der Waals surface area contributed by atoms with Crippen molar-refractivity contribution in [3.8, 4) is 0 Å². The van der Waals surface area contributed by atoms with Crippen molar-refractivity contribution < 1.29 is 4.79 Å². The molecule has 1 amide bonds. The molecule has 0 spiro atoms. The van der Waals surface area contributed by atoms with Crippen LogP contribution in [0.2, 0.25) is 0 Å². The molecule has 0 saturated heterocycles. The highest BCUT2D eigenvalue weighted by Gasteiger charge is 1.98. The van der Waals surface area contributed by atoms with E-state index in [0.29, 0.717) is 0 Å². The van der Waals surface area contributed by atoms with Crippen LogP contribution in [0.25, 0.3) is 0 Å².